The van der Waals surface area contributed by atoms with Gasteiger partial charge in [0.25, 0.3) is 5.56 Å². The minimum Gasteiger partial charge on any atom is -0.454 e. The van der Waals surface area contributed by atoms with Gasteiger partial charge in [-0.05, 0) is 17.9 Å². The lowest BCUT2D eigenvalue weighted by Crippen LogP contribution is -2.28. The number of esters is 1. The molecule has 0 amide bonds. The normalized spacial score (nSPS) is 13.9. The second-order valence-corrected chi connectivity index (χ2v) is 7.25. The summed E-state index contributed by atoms with van der Waals surface area (Å²) in [5.41, 5.74) is 1.08. The van der Waals surface area contributed by atoms with E-state index in [1.54, 1.807) is 12.1 Å². The van der Waals surface area contributed by atoms with E-state index in [1.165, 1.54) is 22.5 Å². The van der Waals surface area contributed by atoms with Gasteiger partial charge in [0.05, 0.1) is 6.20 Å². The van der Waals surface area contributed by atoms with E-state index in [1.807, 2.05) is 12.1 Å². The number of thioether (sulfide) groups is 1. The van der Waals surface area contributed by atoms with Gasteiger partial charge in [0.15, 0.2) is 17.5 Å². The molecule has 0 radical (unpaired) electrons. The highest BCUT2D eigenvalue weighted by Gasteiger charge is 2.21. The van der Waals surface area contributed by atoms with Crippen molar-refractivity contribution in [2.75, 3.05) is 12.4 Å². The Hall–Kier alpha value is -2.41. The van der Waals surface area contributed by atoms with Gasteiger partial charge in [0, 0.05) is 17.9 Å². The molecule has 1 aromatic carbocycles. The summed E-state index contributed by atoms with van der Waals surface area (Å²) >= 11 is 1.47. The van der Waals surface area contributed by atoms with Crippen LogP contribution in [0, 0.1) is 0 Å². The number of carbonyl (C=O) groups excluding carboxylic acids is 2. The molecule has 7 heteroatoms. The van der Waals surface area contributed by atoms with Crippen LogP contribution >= 0.6 is 11.8 Å². The third-order valence-electron chi connectivity index (χ3n) is 4.52. The summed E-state index contributed by atoms with van der Waals surface area (Å²) in [6.07, 6.45) is 2.24. The van der Waals surface area contributed by atoms with Crippen molar-refractivity contribution in [3.8, 4) is 0 Å². The number of ketones is 1. The highest BCUT2D eigenvalue weighted by Crippen LogP contribution is 2.21. The fraction of sp³-hybridized carbons (Fsp3) is 0.368. The average Bonchev–Trinajstić information content (AvgIpc) is 3.15. The topological polar surface area (TPSA) is 78.3 Å². The smallest absolute Gasteiger partial charge is 0.345 e. The lowest BCUT2D eigenvalue weighted by atomic mass is 9.97. The summed E-state index contributed by atoms with van der Waals surface area (Å²) in [6.45, 7) is 4.35. The van der Waals surface area contributed by atoms with Crippen molar-refractivity contribution < 1.29 is 14.3 Å². The predicted octanol–water partition coefficient (Wildman–Crippen LogP) is 2.90. The van der Waals surface area contributed by atoms with Gasteiger partial charge in [-0.1, -0.05) is 49.9 Å². The Morgan fingerprint density at radius 2 is 2.04 bits per heavy atom. The minimum absolute atomic E-state index is 0.142. The number of carbonyl (C=O) groups is 2. The molecular formula is C19H20N2O4S. The van der Waals surface area contributed by atoms with Crippen molar-refractivity contribution in [1.82, 2.24) is 9.55 Å². The molecule has 0 saturated heterocycles. The number of hydrogen-bond acceptors (Lipinski definition) is 6. The first-order valence-electron chi connectivity index (χ1n) is 8.54. The van der Waals surface area contributed by atoms with Crippen molar-refractivity contribution in [2.24, 2.45) is 0 Å². The van der Waals surface area contributed by atoms with E-state index in [2.05, 4.69) is 18.8 Å². The molecule has 0 bridgehead atoms. The molecule has 0 aliphatic carbocycles. The zero-order chi connectivity index (χ0) is 18.7. The van der Waals surface area contributed by atoms with Crippen molar-refractivity contribution in [1.29, 1.82) is 0 Å². The maximum Gasteiger partial charge on any atom is 0.345 e. The van der Waals surface area contributed by atoms with E-state index in [-0.39, 0.29) is 11.3 Å². The van der Waals surface area contributed by atoms with Crippen LogP contribution in [0.15, 0.2) is 40.4 Å². The van der Waals surface area contributed by atoms with Crippen LogP contribution < -0.4 is 5.56 Å². The fourth-order valence-electron chi connectivity index (χ4n) is 2.68. The van der Waals surface area contributed by atoms with Crippen LogP contribution in [0.25, 0.3) is 0 Å². The van der Waals surface area contributed by atoms with Gasteiger partial charge in [-0.15, -0.1) is 0 Å². The van der Waals surface area contributed by atoms with E-state index < -0.39 is 18.1 Å². The summed E-state index contributed by atoms with van der Waals surface area (Å²) in [6, 6.07) is 7.30. The summed E-state index contributed by atoms with van der Waals surface area (Å²) in [4.78, 5) is 40.7. The van der Waals surface area contributed by atoms with Gasteiger partial charge >= 0.3 is 5.97 Å². The van der Waals surface area contributed by atoms with Crippen LogP contribution in [0.2, 0.25) is 0 Å². The minimum atomic E-state index is -0.820. The first-order chi connectivity index (χ1) is 12.5. The summed E-state index contributed by atoms with van der Waals surface area (Å²) < 4.78 is 6.49. The number of ether oxygens (including phenoxy) is 1. The molecule has 0 fully saturated rings. The zero-order valence-corrected chi connectivity index (χ0v) is 15.5. The van der Waals surface area contributed by atoms with Crippen LogP contribution in [-0.2, 0) is 11.3 Å². The van der Waals surface area contributed by atoms with Crippen molar-refractivity contribution >= 4 is 23.5 Å². The molecule has 0 spiro atoms. The summed E-state index contributed by atoms with van der Waals surface area (Å²) in [5, 5.41) is 0.601. The number of hydrogen-bond donors (Lipinski definition) is 0. The molecule has 2 heterocycles. The fourth-order valence-corrected chi connectivity index (χ4v) is 3.60. The molecule has 1 aromatic heterocycles. The van der Waals surface area contributed by atoms with Crippen molar-refractivity contribution in [3.63, 3.8) is 0 Å². The molecule has 6 nitrogen and oxygen atoms in total. The monoisotopic (exact) mass is 372 g/mol. The van der Waals surface area contributed by atoms with Crippen LogP contribution in [0.3, 0.4) is 0 Å². The van der Waals surface area contributed by atoms with Crippen molar-refractivity contribution in [2.45, 2.75) is 37.9 Å². The standard InChI is InChI=1S/C19H20N2O4S/c1-3-12(2)13-4-6-14(7-5-13)16(22)11-25-18(24)15-10-20-19-21(17(15)23)8-9-26-19/h4-7,10,12H,3,8-9,11H2,1-2H3/t12-/m0/s1. The molecule has 0 saturated carbocycles. The second kappa shape index (κ2) is 7.86. The van der Waals surface area contributed by atoms with Gasteiger partial charge in [-0.3, -0.25) is 14.2 Å². The number of benzene rings is 1. The Balaban J connectivity index is 1.64. The molecule has 1 aliphatic rings. The van der Waals surface area contributed by atoms with E-state index in [0.29, 0.717) is 23.2 Å². The van der Waals surface area contributed by atoms with Gasteiger partial charge in [-0.25, -0.2) is 9.78 Å². The SMILES string of the molecule is CC[C@H](C)c1ccc(C(=O)COC(=O)c2cnc3n(c2=O)CCS3)cc1. The van der Waals surface area contributed by atoms with Crippen LogP contribution in [-0.4, -0.2) is 33.7 Å². The van der Waals surface area contributed by atoms with Crippen LogP contribution in [0.1, 0.15) is 52.5 Å². The number of nitrogens with zero attached hydrogens (tertiary/aromatic N) is 2. The van der Waals surface area contributed by atoms with Gasteiger partial charge in [0.1, 0.15) is 5.56 Å². The van der Waals surface area contributed by atoms with Gasteiger partial charge in [0.2, 0.25) is 0 Å². The lowest BCUT2D eigenvalue weighted by Gasteiger charge is -2.09. The highest BCUT2D eigenvalue weighted by atomic mass is 32.2. The first-order valence-corrected chi connectivity index (χ1v) is 9.52. The molecule has 2 aromatic rings. The van der Waals surface area contributed by atoms with Crippen molar-refractivity contribution in [3.05, 3.63) is 57.5 Å². The third kappa shape index (κ3) is 3.72. The Bertz CT molecular complexity index is 889. The first kappa shape index (κ1) is 18.4. The lowest BCUT2D eigenvalue weighted by molar-refractivity contribution is 0.0471. The number of Topliss-reactive ketones (excluding diaryl/α,β-unsaturated/α-hetero) is 1. The summed E-state index contributed by atoms with van der Waals surface area (Å²) in [5.74, 6) is 0.0554. The van der Waals surface area contributed by atoms with E-state index >= 15 is 0 Å². The molecule has 26 heavy (non-hydrogen) atoms. The second-order valence-electron chi connectivity index (χ2n) is 6.19. The number of fused-ring (bicyclic) bond motifs is 1. The van der Waals surface area contributed by atoms with Crippen LogP contribution in [0.5, 0.6) is 0 Å². The number of rotatable bonds is 6. The van der Waals surface area contributed by atoms with E-state index in [4.69, 9.17) is 4.74 Å². The quantitative estimate of drug-likeness (QED) is 0.441. The Kier molecular flexibility index (Phi) is 5.56. The van der Waals surface area contributed by atoms with E-state index in [9.17, 15) is 14.4 Å². The zero-order valence-electron chi connectivity index (χ0n) is 14.7. The molecule has 136 valence electrons. The molecule has 3 rings (SSSR count). The average molecular weight is 372 g/mol. The van der Waals surface area contributed by atoms with E-state index in [0.717, 1.165) is 17.7 Å². The Morgan fingerprint density at radius 3 is 2.73 bits per heavy atom. The molecular weight excluding hydrogens is 352 g/mol. The number of aromatic nitrogens is 2. The van der Waals surface area contributed by atoms with Gasteiger partial charge in [-0.2, -0.15) is 0 Å². The third-order valence-corrected chi connectivity index (χ3v) is 5.50. The molecule has 1 atom stereocenters. The maximum atomic E-state index is 12.3. The molecule has 1 aliphatic heterocycles. The predicted molar refractivity (Wildman–Crippen MR) is 99.0 cm³/mol. The molecule has 0 N–H and O–H groups in total. The van der Waals surface area contributed by atoms with Crippen LogP contribution in [0.4, 0.5) is 0 Å². The highest BCUT2D eigenvalue weighted by molar-refractivity contribution is 7.99. The largest absolute Gasteiger partial charge is 0.454 e. The maximum absolute atomic E-state index is 12.3. The Labute approximate surface area is 155 Å². The molecule has 0 unspecified atom stereocenters. The van der Waals surface area contributed by atoms with Gasteiger partial charge < -0.3 is 4.74 Å². The Morgan fingerprint density at radius 1 is 1.31 bits per heavy atom. The summed E-state index contributed by atoms with van der Waals surface area (Å²) in [7, 11) is 0.